The molecule has 2 amide bonds. The molecule has 1 aromatic rings. The van der Waals surface area contributed by atoms with Crippen molar-refractivity contribution in [2.75, 3.05) is 11.1 Å². The fourth-order valence-corrected chi connectivity index (χ4v) is 4.56. The van der Waals surface area contributed by atoms with Gasteiger partial charge >= 0.3 is 0 Å². The second kappa shape index (κ2) is 5.21. The van der Waals surface area contributed by atoms with E-state index in [1.807, 2.05) is 19.9 Å². The van der Waals surface area contributed by atoms with Crippen LogP contribution in [0.25, 0.3) is 0 Å². The standard InChI is InChI=1S/C15H17ClN2O2S/c1-9-3-4-10(16)7-11(9)17-14(20)12-8-21-15(2)6-5-13(19)18(12)15/h3-4,7,12H,5-6,8H2,1-2H3,(H,17,20)/t12-,15+/m0/s1. The fourth-order valence-electron chi connectivity index (χ4n) is 2.96. The first-order valence-electron chi connectivity index (χ1n) is 6.94. The lowest BCUT2D eigenvalue weighted by Crippen LogP contribution is -2.48. The molecule has 4 nitrogen and oxygen atoms in total. The number of rotatable bonds is 2. The minimum atomic E-state index is -0.395. The van der Waals surface area contributed by atoms with E-state index in [-0.39, 0.29) is 16.7 Å². The van der Waals surface area contributed by atoms with Crippen LogP contribution in [-0.2, 0) is 9.59 Å². The summed E-state index contributed by atoms with van der Waals surface area (Å²) in [4.78, 5) is 26.1. The third-order valence-corrected chi connectivity index (χ3v) is 5.95. The molecule has 0 saturated carbocycles. The molecular weight excluding hydrogens is 308 g/mol. The molecule has 0 spiro atoms. The summed E-state index contributed by atoms with van der Waals surface area (Å²) in [5.41, 5.74) is 1.66. The Labute approximate surface area is 133 Å². The molecular formula is C15H17ClN2O2S. The molecule has 1 aromatic carbocycles. The van der Waals surface area contributed by atoms with Crippen molar-refractivity contribution in [2.45, 2.75) is 37.6 Å². The van der Waals surface area contributed by atoms with Crippen molar-refractivity contribution in [3.05, 3.63) is 28.8 Å². The summed E-state index contributed by atoms with van der Waals surface area (Å²) in [5, 5.41) is 3.49. The fraction of sp³-hybridized carbons (Fsp3) is 0.467. The maximum absolute atomic E-state index is 12.5. The summed E-state index contributed by atoms with van der Waals surface area (Å²) in [6, 6.07) is 5.00. The average Bonchev–Trinajstić information content (AvgIpc) is 2.91. The number of benzene rings is 1. The minimum Gasteiger partial charge on any atom is -0.324 e. The highest BCUT2D eigenvalue weighted by molar-refractivity contribution is 8.01. The Morgan fingerprint density at radius 3 is 3.05 bits per heavy atom. The lowest BCUT2D eigenvalue weighted by atomic mass is 10.1. The third-order valence-electron chi connectivity index (χ3n) is 4.20. The summed E-state index contributed by atoms with van der Waals surface area (Å²) in [6.45, 7) is 3.96. The predicted octanol–water partition coefficient (Wildman–Crippen LogP) is 3.04. The number of aryl methyl sites for hydroxylation is 1. The maximum Gasteiger partial charge on any atom is 0.248 e. The van der Waals surface area contributed by atoms with E-state index >= 15 is 0 Å². The summed E-state index contributed by atoms with van der Waals surface area (Å²) in [5.74, 6) is 0.588. The number of thioether (sulfide) groups is 1. The zero-order valence-corrected chi connectivity index (χ0v) is 13.6. The molecule has 21 heavy (non-hydrogen) atoms. The maximum atomic E-state index is 12.5. The zero-order chi connectivity index (χ0) is 15.2. The lowest BCUT2D eigenvalue weighted by molar-refractivity contribution is -0.135. The molecule has 0 aromatic heterocycles. The number of hydrogen-bond donors (Lipinski definition) is 1. The summed E-state index contributed by atoms with van der Waals surface area (Å²) in [6.07, 6.45) is 1.35. The van der Waals surface area contributed by atoms with E-state index in [1.54, 1.807) is 28.8 Å². The highest BCUT2D eigenvalue weighted by Gasteiger charge is 2.52. The third kappa shape index (κ3) is 2.53. The van der Waals surface area contributed by atoms with Crippen LogP contribution in [0.1, 0.15) is 25.3 Å². The van der Waals surface area contributed by atoms with Crippen molar-refractivity contribution in [3.8, 4) is 0 Å². The Hall–Kier alpha value is -1.20. The van der Waals surface area contributed by atoms with E-state index in [1.165, 1.54) is 0 Å². The van der Waals surface area contributed by atoms with Crippen molar-refractivity contribution in [3.63, 3.8) is 0 Å². The highest BCUT2D eigenvalue weighted by atomic mass is 35.5. The van der Waals surface area contributed by atoms with Gasteiger partial charge in [-0.05, 0) is 38.0 Å². The van der Waals surface area contributed by atoms with E-state index in [2.05, 4.69) is 5.32 Å². The van der Waals surface area contributed by atoms with E-state index in [0.29, 0.717) is 22.9 Å². The molecule has 3 rings (SSSR count). The molecule has 0 bridgehead atoms. The number of amides is 2. The molecule has 6 heteroatoms. The van der Waals surface area contributed by atoms with Crippen molar-refractivity contribution in [1.29, 1.82) is 0 Å². The second-order valence-electron chi connectivity index (χ2n) is 5.71. The molecule has 0 aliphatic carbocycles. The Kier molecular flexibility index (Phi) is 3.66. The van der Waals surface area contributed by atoms with E-state index in [0.717, 1.165) is 12.0 Å². The summed E-state index contributed by atoms with van der Waals surface area (Å²) < 4.78 is 0. The van der Waals surface area contributed by atoms with Gasteiger partial charge in [-0.1, -0.05) is 17.7 Å². The van der Waals surface area contributed by atoms with Gasteiger partial charge in [-0.2, -0.15) is 0 Å². The van der Waals surface area contributed by atoms with Gasteiger partial charge in [0.05, 0.1) is 4.87 Å². The van der Waals surface area contributed by atoms with Crippen molar-refractivity contribution in [1.82, 2.24) is 4.90 Å². The lowest BCUT2D eigenvalue weighted by Gasteiger charge is -2.30. The van der Waals surface area contributed by atoms with E-state index < -0.39 is 6.04 Å². The Morgan fingerprint density at radius 2 is 2.29 bits per heavy atom. The van der Waals surface area contributed by atoms with Crippen LogP contribution in [0.5, 0.6) is 0 Å². The topological polar surface area (TPSA) is 49.4 Å². The molecule has 2 fully saturated rings. The second-order valence-corrected chi connectivity index (χ2v) is 7.65. The van der Waals surface area contributed by atoms with Gasteiger partial charge in [0.25, 0.3) is 0 Å². The molecule has 1 N–H and O–H groups in total. The van der Waals surface area contributed by atoms with Crippen molar-refractivity contribution in [2.24, 2.45) is 0 Å². The number of carbonyl (C=O) groups is 2. The normalized spacial score (nSPS) is 27.9. The van der Waals surface area contributed by atoms with E-state index in [9.17, 15) is 9.59 Å². The summed E-state index contributed by atoms with van der Waals surface area (Å²) in [7, 11) is 0. The average molecular weight is 325 g/mol. The number of halogens is 1. The van der Waals surface area contributed by atoms with E-state index in [4.69, 9.17) is 11.6 Å². The van der Waals surface area contributed by atoms with Gasteiger partial charge in [0.1, 0.15) is 6.04 Å². The van der Waals surface area contributed by atoms with Gasteiger partial charge in [-0.3, -0.25) is 9.59 Å². The van der Waals surface area contributed by atoms with Crippen LogP contribution in [0.4, 0.5) is 5.69 Å². The first kappa shape index (κ1) is 14.7. The number of carbonyl (C=O) groups excluding carboxylic acids is 2. The molecule has 2 atom stereocenters. The molecule has 2 aliphatic heterocycles. The number of anilines is 1. The number of hydrogen-bond acceptors (Lipinski definition) is 3. The quantitative estimate of drug-likeness (QED) is 0.909. The van der Waals surface area contributed by atoms with Crippen LogP contribution < -0.4 is 5.32 Å². The zero-order valence-electron chi connectivity index (χ0n) is 12.0. The van der Waals surface area contributed by atoms with Crippen LogP contribution in [-0.4, -0.2) is 33.4 Å². The van der Waals surface area contributed by atoms with Gasteiger partial charge in [0.2, 0.25) is 11.8 Å². The molecule has 0 radical (unpaired) electrons. The molecule has 2 aliphatic rings. The molecule has 112 valence electrons. The first-order valence-corrected chi connectivity index (χ1v) is 8.30. The predicted molar refractivity (Wildman–Crippen MR) is 85.5 cm³/mol. The molecule has 0 unspecified atom stereocenters. The van der Waals surface area contributed by atoms with Gasteiger partial charge < -0.3 is 10.2 Å². The van der Waals surface area contributed by atoms with Crippen LogP contribution >= 0.6 is 23.4 Å². The molecule has 2 saturated heterocycles. The first-order chi connectivity index (χ1) is 9.90. The van der Waals surface area contributed by atoms with Crippen LogP contribution in [0.3, 0.4) is 0 Å². The van der Waals surface area contributed by atoms with Gasteiger partial charge in [0.15, 0.2) is 0 Å². The van der Waals surface area contributed by atoms with Crippen LogP contribution in [0, 0.1) is 6.92 Å². The smallest absolute Gasteiger partial charge is 0.248 e. The van der Waals surface area contributed by atoms with Crippen LogP contribution in [0.15, 0.2) is 18.2 Å². The SMILES string of the molecule is Cc1ccc(Cl)cc1NC(=O)[C@@H]1CS[C@]2(C)CCC(=O)N12. The Balaban J connectivity index is 1.80. The molecule has 2 heterocycles. The van der Waals surface area contributed by atoms with Crippen molar-refractivity contribution >= 4 is 40.9 Å². The Bertz CT molecular complexity index is 622. The largest absolute Gasteiger partial charge is 0.324 e. The van der Waals surface area contributed by atoms with Gasteiger partial charge in [-0.25, -0.2) is 0 Å². The van der Waals surface area contributed by atoms with Gasteiger partial charge in [-0.15, -0.1) is 11.8 Å². The van der Waals surface area contributed by atoms with Gasteiger partial charge in [0, 0.05) is 22.9 Å². The number of nitrogens with one attached hydrogen (secondary N) is 1. The van der Waals surface area contributed by atoms with Crippen molar-refractivity contribution < 1.29 is 9.59 Å². The monoisotopic (exact) mass is 324 g/mol. The summed E-state index contributed by atoms with van der Waals surface area (Å²) >= 11 is 7.67. The number of nitrogens with zero attached hydrogens (tertiary/aromatic N) is 1. The van der Waals surface area contributed by atoms with Crippen LogP contribution in [0.2, 0.25) is 5.02 Å². The minimum absolute atomic E-state index is 0.0745. The highest BCUT2D eigenvalue weighted by Crippen LogP contribution is 2.47. The number of fused-ring (bicyclic) bond motifs is 1. The Morgan fingerprint density at radius 1 is 1.52 bits per heavy atom.